The first-order chi connectivity index (χ1) is 11.2. The predicted octanol–water partition coefficient (Wildman–Crippen LogP) is 4.09. The Kier molecular flexibility index (Phi) is 4.77. The molecule has 0 saturated heterocycles. The molecule has 1 aliphatic rings. The van der Waals surface area contributed by atoms with Gasteiger partial charge in [0.05, 0.1) is 0 Å². The second kappa shape index (κ2) is 6.97. The van der Waals surface area contributed by atoms with Gasteiger partial charge < -0.3 is 5.11 Å². The average Bonchev–Trinajstić information content (AvgIpc) is 3.07. The summed E-state index contributed by atoms with van der Waals surface area (Å²) in [5.74, 6) is -0.679. The van der Waals surface area contributed by atoms with Gasteiger partial charge in [0.15, 0.2) is 0 Å². The molecule has 1 saturated carbocycles. The Labute approximate surface area is 137 Å². The van der Waals surface area contributed by atoms with Crippen molar-refractivity contribution in [2.75, 3.05) is 0 Å². The molecule has 3 heteroatoms. The van der Waals surface area contributed by atoms with Crippen LogP contribution in [0.25, 0.3) is 0 Å². The van der Waals surface area contributed by atoms with E-state index in [1.165, 1.54) is 0 Å². The quantitative estimate of drug-likeness (QED) is 0.874. The van der Waals surface area contributed by atoms with Gasteiger partial charge in [-0.25, -0.2) is 0 Å². The maximum atomic E-state index is 12.1. The van der Waals surface area contributed by atoms with E-state index in [0.29, 0.717) is 13.1 Å². The highest BCUT2D eigenvalue weighted by molar-refractivity contribution is 5.79. The third-order valence-electron chi connectivity index (χ3n) is 4.87. The van der Waals surface area contributed by atoms with Crippen molar-refractivity contribution in [1.29, 1.82) is 0 Å². The molecule has 1 N–H and O–H groups in total. The summed E-state index contributed by atoms with van der Waals surface area (Å²) >= 11 is 0. The van der Waals surface area contributed by atoms with Crippen molar-refractivity contribution in [2.24, 2.45) is 0 Å². The van der Waals surface area contributed by atoms with E-state index in [-0.39, 0.29) is 0 Å². The molecule has 0 aliphatic heterocycles. The smallest absolute Gasteiger partial charge is 0.324 e. The van der Waals surface area contributed by atoms with E-state index in [1.807, 2.05) is 36.4 Å². The molecule has 0 bridgehead atoms. The van der Waals surface area contributed by atoms with Crippen molar-refractivity contribution >= 4 is 5.97 Å². The summed E-state index contributed by atoms with van der Waals surface area (Å²) in [6.07, 6.45) is 3.46. The Balaban J connectivity index is 1.90. The van der Waals surface area contributed by atoms with Crippen molar-refractivity contribution in [3.05, 3.63) is 71.8 Å². The fourth-order valence-corrected chi connectivity index (χ4v) is 3.59. The largest absolute Gasteiger partial charge is 0.480 e. The number of rotatable bonds is 6. The van der Waals surface area contributed by atoms with Gasteiger partial charge in [0.2, 0.25) is 0 Å². The molecule has 3 nitrogen and oxygen atoms in total. The third-order valence-corrected chi connectivity index (χ3v) is 4.87. The molecule has 0 spiro atoms. The van der Waals surface area contributed by atoms with Crippen molar-refractivity contribution < 1.29 is 9.90 Å². The Bertz CT molecular complexity index is 592. The van der Waals surface area contributed by atoms with Crippen LogP contribution in [-0.2, 0) is 17.9 Å². The zero-order valence-corrected chi connectivity index (χ0v) is 13.3. The Morgan fingerprint density at radius 3 is 1.70 bits per heavy atom. The Morgan fingerprint density at radius 1 is 0.870 bits per heavy atom. The van der Waals surface area contributed by atoms with E-state index < -0.39 is 11.5 Å². The first-order valence-corrected chi connectivity index (χ1v) is 8.27. The molecule has 3 rings (SSSR count). The summed E-state index contributed by atoms with van der Waals surface area (Å²) in [5, 5.41) is 9.95. The molecule has 2 aromatic carbocycles. The zero-order chi connectivity index (χ0) is 16.1. The lowest BCUT2D eigenvalue weighted by Crippen LogP contribution is -2.52. The lowest BCUT2D eigenvalue weighted by molar-refractivity contribution is -0.152. The first-order valence-electron chi connectivity index (χ1n) is 8.27. The lowest BCUT2D eigenvalue weighted by atomic mass is 9.93. The van der Waals surface area contributed by atoms with E-state index in [9.17, 15) is 9.90 Å². The van der Waals surface area contributed by atoms with Crippen LogP contribution in [-0.4, -0.2) is 21.5 Å². The van der Waals surface area contributed by atoms with E-state index in [2.05, 4.69) is 29.2 Å². The van der Waals surface area contributed by atoms with Crippen LogP contribution in [0.15, 0.2) is 60.7 Å². The molecular weight excluding hydrogens is 286 g/mol. The van der Waals surface area contributed by atoms with Crippen molar-refractivity contribution in [2.45, 2.75) is 44.3 Å². The zero-order valence-electron chi connectivity index (χ0n) is 13.3. The number of benzene rings is 2. The van der Waals surface area contributed by atoms with E-state index in [0.717, 1.165) is 36.8 Å². The van der Waals surface area contributed by atoms with Crippen LogP contribution in [0.4, 0.5) is 0 Å². The van der Waals surface area contributed by atoms with Gasteiger partial charge >= 0.3 is 5.97 Å². The van der Waals surface area contributed by atoms with Gasteiger partial charge in [0, 0.05) is 13.1 Å². The summed E-state index contributed by atoms with van der Waals surface area (Å²) < 4.78 is 0. The predicted molar refractivity (Wildman–Crippen MR) is 91.0 cm³/mol. The number of aliphatic carboxylic acids is 1. The van der Waals surface area contributed by atoms with E-state index in [4.69, 9.17) is 0 Å². The van der Waals surface area contributed by atoms with Crippen LogP contribution in [0.1, 0.15) is 36.8 Å². The minimum absolute atomic E-state index is 0.669. The van der Waals surface area contributed by atoms with Gasteiger partial charge in [-0.3, -0.25) is 9.69 Å². The first kappa shape index (κ1) is 15.8. The summed E-state index contributed by atoms with van der Waals surface area (Å²) in [5.41, 5.74) is 1.60. The standard InChI is InChI=1S/C20H23NO2/c22-19(23)20(13-7-8-14-20)21(15-17-9-3-1-4-10-17)16-18-11-5-2-6-12-18/h1-6,9-12H,7-8,13-16H2,(H,22,23). The SMILES string of the molecule is O=C(O)C1(N(Cc2ccccc2)Cc2ccccc2)CCCC1. The molecule has 23 heavy (non-hydrogen) atoms. The highest BCUT2D eigenvalue weighted by Gasteiger charge is 2.46. The normalized spacial score (nSPS) is 16.6. The van der Waals surface area contributed by atoms with Crippen LogP contribution < -0.4 is 0 Å². The monoisotopic (exact) mass is 309 g/mol. The number of carboxylic acid groups (broad SMARTS) is 1. The van der Waals surface area contributed by atoms with E-state index >= 15 is 0 Å². The number of hydrogen-bond acceptors (Lipinski definition) is 2. The molecule has 1 aliphatic carbocycles. The minimum atomic E-state index is -0.730. The molecule has 0 heterocycles. The molecule has 2 aromatic rings. The van der Waals surface area contributed by atoms with Crippen molar-refractivity contribution in [3.8, 4) is 0 Å². The third kappa shape index (κ3) is 3.45. The van der Waals surface area contributed by atoms with Gasteiger partial charge in [-0.15, -0.1) is 0 Å². The van der Waals surface area contributed by atoms with Crippen molar-refractivity contribution in [1.82, 2.24) is 4.90 Å². The van der Waals surface area contributed by atoms with Crippen LogP contribution in [0.5, 0.6) is 0 Å². The summed E-state index contributed by atoms with van der Waals surface area (Å²) in [7, 11) is 0. The van der Waals surface area contributed by atoms with Gasteiger partial charge in [0.25, 0.3) is 0 Å². The van der Waals surface area contributed by atoms with Crippen molar-refractivity contribution in [3.63, 3.8) is 0 Å². The van der Waals surface area contributed by atoms with Gasteiger partial charge in [-0.05, 0) is 24.0 Å². The molecular formula is C20H23NO2. The lowest BCUT2D eigenvalue weighted by Gasteiger charge is -2.38. The number of hydrogen-bond donors (Lipinski definition) is 1. The van der Waals surface area contributed by atoms with Gasteiger partial charge in [0.1, 0.15) is 5.54 Å². The highest BCUT2D eigenvalue weighted by atomic mass is 16.4. The molecule has 0 amide bonds. The Hall–Kier alpha value is -2.13. The Morgan fingerprint density at radius 2 is 1.30 bits per heavy atom. The summed E-state index contributed by atoms with van der Waals surface area (Å²) in [4.78, 5) is 14.3. The molecule has 120 valence electrons. The molecule has 0 atom stereocenters. The minimum Gasteiger partial charge on any atom is -0.480 e. The molecule has 0 aromatic heterocycles. The maximum absolute atomic E-state index is 12.1. The van der Waals surface area contributed by atoms with Crippen LogP contribution in [0.3, 0.4) is 0 Å². The molecule has 1 fully saturated rings. The van der Waals surface area contributed by atoms with Gasteiger partial charge in [-0.1, -0.05) is 73.5 Å². The number of carboxylic acids is 1. The fraction of sp³-hybridized carbons (Fsp3) is 0.350. The molecule has 0 unspecified atom stereocenters. The van der Waals surface area contributed by atoms with Crippen LogP contribution >= 0.6 is 0 Å². The maximum Gasteiger partial charge on any atom is 0.324 e. The fourth-order valence-electron chi connectivity index (χ4n) is 3.59. The van der Waals surface area contributed by atoms with E-state index in [1.54, 1.807) is 0 Å². The topological polar surface area (TPSA) is 40.5 Å². The number of nitrogens with zero attached hydrogens (tertiary/aromatic N) is 1. The molecule has 0 radical (unpaired) electrons. The van der Waals surface area contributed by atoms with Gasteiger partial charge in [-0.2, -0.15) is 0 Å². The summed E-state index contributed by atoms with van der Waals surface area (Å²) in [6, 6.07) is 20.3. The number of carbonyl (C=O) groups is 1. The average molecular weight is 309 g/mol. The highest BCUT2D eigenvalue weighted by Crippen LogP contribution is 2.37. The van der Waals surface area contributed by atoms with Crippen LogP contribution in [0, 0.1) is 0 Å². The summed E-state index contributed by atoms with van der Waals surface area (Å²) in [6.45, 7) is 1.34. The van der Waals surface area contributed by atoms with Crippen LogP contribution in [0.2, 0.25) is 0 Å². The second-order valence-corrected chi connectivity index (χ2v) is 6.37. The second-order valence-electron chi connectivity index (χ2n) is 6.37.